The van der Waals surface area contributed by atoms with Crippen LogP contribution < -0.4 is 0 Å². The number of halogens is 1. The number of phenolic OH excluding ortho intramolecular Hbond substituents is 1. The van der Waals surface area contributed by atoms with Crippen LogP contribution in [-0.2, 0) is 0 Å². The van der Waals surface area contributed by atoms with E-state index in [1.54, 1.807) is 23.9 Å². The van der Waals surface area contributed by atoms with Crippen LogP contribution in [0.15, 0.2) is 68.9 Å². The first kappa shape index (κ1) is 14.0. The van der Waals surface area contributed by atoms with Crippen LogP contribution in [0.25, 0.3) is 10.8 Å². The number of hydrogen-bond acceptors (Lipinski definition) is 3. The molecule has 0 spiro atoms. The summed E-state index contributed by atoms with van der Waals surface area (Å²) in [7, 11) is 0. The molecule has 0 radical (unpaired) electrons. The molecule has 3 rings (SSSR count). The molecule has 0 saturated heterocycles. The van der Waals surface area contributed by atoms with E-state index in [9.17, 15) is 5.11 Å². The number of rotatable bonds is 2. The highest BCUT2D eigenvalue weighted by atomic mass is 79.9. The van der Waals surface area contributed by atoms with Crippen molar-refractivity contribution in [2.75, 3.05) is 0 Å². The molecule has 1 N–H and O–H groups in total. The molecule has 0 unspecified atom stereocenters. The van der Waals surface area contributed by atoms with Crippen LogP contribution >= 0.6 is 27.7 Å². The molecule has 0 fully saturated rings. The van der Waals surface area contributed by atoms with Crippen molar-refractivity contribution in [3.63, 3.8) is 0 Å². The lowest BCUT2D eigenvalue weighted by atomic mass is 10.1. The molecule has 0 atom stereocenters. The minimum Gasteiger partial charge on any atom is -0.507 e. The summed E-state index contributed by atoms with van der Waals surface area (Å²) in [5.41, 5.74) is 0.627. The largest absolute Gasteiger partial charge is 0.507 e. The van der Waals surface area contributed by atoms with Gasteiger partial charge >= 0.3 is 0 Å². The Balaban J connectivity index is 2.07. The Hall–Kier alpha value is -1.96. The Morgan fingerprint density at radius 3 is 2.38 bits per heavy atom. The zero-order valence-electron chi connectivity index (χ0n) is 10.9. The van der Waals surface area contributed by atoms with Crippen LogP contribution in [0.4, 0.5) is 0 Å². The second kappa shape index (κ2) is 5.80. The van der Waals surface area contributed by atoms with Crippen LogP contribution in [-0.4, -0.2) is 5.11 Å². The fraction of sp³-hybridized carbons (Fsp3) is 0. The van der Waals surface area contributed by atoms with Gasteiger partial charge in [-0.25, -0.2) is 0 Å². The first-order chi connectivity index (χ1) is 10.2. The van der Waals surface area contributed by atoms with Gasteiger partial charge in [0.05, 0.1) is 11.6 Å². The second-order valence-electron chi connectivity index (χ2n) is 4.49. The normalized spacial score (nSPS) is 10.5. The quantitative estimate of drug-likeness (QED) is 0.675. The topological polar surface area (TPSA) is 44.0 Å². The maximum atomic E-state index is 9.93. The van der Waals surface area contributed by atoms with Crippen LogP contribution in [0.5, 0.6) is 5.75 Å². The van der Waals surface area contributed by atoms with Gasteiger partial charge in [0, 0.05) is 19.6 Å². The van der Waals surface area contributed by atoms with Crippen LogP contribution in [0.2, 0.25) is 0 Å². The van der Waals surface area contributed by atoms with E-state index in [4.69, 9.17) is 5.26 Å². The maximum Gasteiger partial charge on any atom is 0.123 e. The molecule has 0 amide bonds. The summed E-state index contributed by atoms with van der Waals surface area (Å²) in [6.07, 6.45) is 0. The number of phenols is 1. The summed E-state index contributed by atoms with van der Waals surface area (Å²) in [5.74, 6) is 0.286. The lowest BCUT2D eigenvalue weighted by Gasteiger charge is -2.09. The van der Waals surface area contributed by atoms with Crippen molar-refractivity contribution < 1.29 is 5.11 Å². The van der Waals surface area contributed by atoms with E-state index in [1.807, 2.05) is 42.5 Å². The fourth-order valence-electron chi connectivity index (χ4n) is 2.12. The van der Waals surface area contributed by atoms with E-state index in [0.717, 1.165) is 25.0 Å². The Kier molecular flexibility index (Phi) is 3.87. The molecule has 0 aromatic heterocycles. The van der Waals surface area contributed by atoms with Gasteiger partial charge in [-0.15, -0.1) is 0 Å². The minimum atomic E-state index is 0.286. The number of benzene rings is 3. The number of nitrogens with zero attached hydrogens (tertiary/aromatic N) is 1. The van der Waals surface area contributed by atoms with E-state index in [-0.39, 0.29) is 5.75 Å². The molecule has 3 aromatic carbocycles. The van der Waals surface area contributed by atoms with Gasteiger partial charge in [0.1, 0.15) is 5.75 Å². The summed E-state index contributed by atoms with van der Waals surface area (Å²) < 4.78 is 0.892. The Bertz CT molecular complexity index is 870. The average molecular weight is 356 g/mol. The van der Waals surface area contributed by atoms with Gasteiger partial charge in [0.15, 0.2) is 0 Å². The monoisotopic (exact) mass is 355 g/mol. The molecule has 0 heterocycles. The predicted octanol–water partition coefficient (Wildman–Crippen LogP) is 5.33. The lowest BCUT2D eigenvalue weighted by molar-refractivity contribution is 0.481. The van der Waals surface area contributed by atoms with E-state index >= 15 is 0 Å². The first-order valence-corrected chi connectivity index (χ1v) is 7.88. The van der Waals surface area contributed by atoms with Crippen LogP contribution in [0.1, 0.15) is 5.56 Å². The molecule has 0 aliphatic carbocycles. The smallest absolute Gasteiger partial charge is 0.123 e. The average Bonchev–Trinajstić information content (AvgIpc) is 2.52. The standard InChI is InChI=1S/C17H10BrNOS/c18-14-9-11(10-19)5-7-17(14)21-16-8-6-15(20)12-3-1-2-4-13(12)16/h1-9,20H. The highest BCUT2D eigenvalue weighted by Crippen LogP contribution is 2.39. The van der Waals surface area contributed by atoms with Crippen molar-refractivity contribution in [3.8, 4) is 11.8 Å². The summed E-state index contributed by atoms with van der Waals surface area (Å²) in [6.45, 7) is 0. The molecular formula is C17H10BrNOS. The van der Waals surface area contributed by atoms with Crippen molar-refractivity contribution in [2.45, 2.75) is 9.79 Å². The molecule has 3 aromatic rings. The second-order valence-corrected chi connectivity index (χ2v) is 6.43. The van der Waals surface area contributed by atoms with Gasteiger partial charge in [-0.3, -0.25) is 0 Å². The van der Waals surface area contributed by atoms with Gasteiger partial charge < -0.3 is 5.11 Å². The molecule has 102 valence electrons. The SMILES string of the molecule is N#Cc1ccc(Sc2ccc(O)c3ccccc23)c(Br)c1. The summed E-state index contributed by atoms with van der Waals surface area (Å²) in [4.78, 5) is 2.10. The molecule has 0 saturated carbocycles. The predicted molar refractivity (Wildman–Crippen MR) is 88.6 cm³/mol. The number of hydrogen-bond donors (Lipinski definition) is 1. The van der Waals surface area contributed by atoms with E-state index in [1.165, 1.54) is 0 Å². The van der Waals surface area contributed by atoms with E-state index < -0.39 is 0 Å². The van der Waals surface area contributed by atoms with Gasteiger partial charge in [-0.1, -0.05) is 36.0 Å². The fourth-order valence-corrected chi connectivity index (χ4v) is 3.69. The van der Waals surface area contributed by atoms with Crippen molar-refractivity contribution in [1.82, 2.24) is 0 Å². The van der Waals surface area contributed by atoms with Crippen LogP contribution in [0, 0.1) is 11.3 Å². The van der Waals surface area contributed by atoms with Crippen molar-refractivity contribution in [2.24, 2.45) is 0 Å². The lowest BCUT2D eigenvalue weighted by Crippen LogP contribution is -1.82. The maximum absolute atomic E-state index is 9.93. The van der Waals surface area contributed by atoms with Crippen LogP contribution in [0.3, 0.4) is 0 Å². The van der Waals surface area contributed by atoms with Gasteiger partial charge in [0.2, 0.25) is 0 Å². The molecular weight excluding hydrogens is 346 g/mol. The van der Waals surface area contributed by atoms with Crippen molar-refractivity contribution >= 4 is 38.5 Å². The minimum absolute atomic E-state index is 0.286. The molecule has 21 heavy (non-hydrogen) atoms. The number of fused-ring (bicyclic) bond motifs is 1. The Labute approximate surface area is 135 Å². The van der Waals surface area contributed by atoms with E-state index in [2.05, 4.69) is 22.0 Å². The molecule has 2 nitrogen and oxygen atoms in total. The summed E-state index contributed by atoms with van der Waals surface area (Å²) in [6, 6.07) is 19.1. The third kappa shape index (κ3) is 2.76. The zero-order valence-corrected chi connectivity index (χ0v) is 13.3. The van der Waals surface area contributed by atoms with Gasteiger partial charge in [-0.2, -0.15) is 5.26 Å². The van der Waals surface area contributed by atoms with Gasteiger partial charge in [0.25, 0.3) is 0 Å². The number of aromatic hydroxyl groups is 1. The Morgan fingerprint density at radius 2 is 1.67 bits per heavy atom. The summed E-state index contributed by atoms with van der Waals surface area (Å²) in [5, 5.41) is 20.7. The molecule has 0 aliphatic heterocycles. The van der Waals surface area contributed by atoms with Crippen molar-refractivity contribution in [3.05, 3.63) is 64.6 Å². The third-order valence-corrected chi connectivity index (χ3v) is 5.21. The highest BCUT2D eigenvalue weighted by molar-refractivity contribution is 9.10. The van der Waals surface area contributed by atoms with Gasteiger partial charge in [-0.05, 0) is 51.6 Å². The first-order valence-electron chi connectivity index (χ1n) is 6.27. The molecule has 4 heteroatoms. The Morgan fingerprint density at radius 1 is 0.952 bits per heavy atom. The highest BCUT2D eigenvalue weighted by Gasteiger charge is 2.09. The number of nitriles is 1. The third-order valence-electron chi connectivity index (χ3n) is 3.14. The zero-order chi connectivity index (χ0) is 14.8. The van der Waals surface area contributed by atoms with Crippen molar-refractivity contribution in [1.29, 1.82) is 5.26 Å². The summed E-state index contributed by atoms with van der Waals surface area (Å²) >= 11 is 5.11. The molecule has 0 bridgehead atoms. The van der Waals surface area contributed by atoms with E-state index in [0.29, 0.717) is 5.56 Å². The molecule has 0 aliphatic rings.